The van der Waals surface area contributed by atoms with Crippen molar-refractivity contribution in [3.63, 3.8) is 0 Å². The van der Waals surface area contributed by atoms with Gasteiger partial charge in [-0.15, -0.1) is 0 Å². The van der Waals surface area contributed by atoms with E-state index in [0.717, 1.165) is 17.7 Å². The molecule has 0 aliphatic carbocycles. The number of hydrogen-bond donors (Lipinski definition) is 0. The molecule has 0 radical (unpaired) electrons. The maximum absolute atomic E-state index is 14.0. The Balaban J connectivity index is 1.47. The van der Waals surface area contributed by atoms with E-state index < -0.39 is 11.6 Å². The van der Waals surface area contributed by atoms with Gasteiger partial charge in [-0.2, -0.15) is 0 Å². The van der Waals surface area contributed by atoms with Gasteiger partial charge in [0.25, 0.3) is 5.91 Å². The lowest BCUT2D eigenvalue weighted by molar-refractivity contribution is 0.0714. The molecule has 28 heavy (non-hydrogen) atoms. The zero-order valence-corrected chi connectivity index (χ0v) is 15.4. The number of amides is 1. The molecular weight excluding hydrogens is 364 g/mol. The fraction of sp³-hybridized carbons (Fsp3) is 0.238. The van der Waals surface area contributed by atoms with Crippen molar-refractivity contribution in [1.29, 1.82) is 0 Å². The number of benzene rings is 2. The van der Waals surface area contributed by atoms with E-state index in [1.807, 2.05) is 30.3 Å². The second kappa shape index (κ2) is 7.42. The van der Waals surface area contributed by atoms with Gasteiger partial charge >= 0.3 is 0 Å². The molecule has 4 rings (SSSR count). The average molecular weight is 383 g/mol. The van der Waals surface area contributed by atoms with Crippen molar-refractivity contribution < 1.29 is 18.0 Å². The first-order chi connectivity index (χ1) is 13.5. The number of halogens is 2. The zero-order chi connectivity index (χ0) is 19.7. The van der Waals surface area contributed by atoms with Crippen molar-refractivity contribution in [3.05, 3.63) is 71.6 Å². The van der Waals surface area contributed by atoms with Crippen LogP contribution in [0.1, 0.15) is 16.2 Å². The first-order valence-corrected chi connectivity index (χ1v) is 9.05. The first-order valence-electron chi connectivity index (χ1n) is 9.05. The van der Waals surface area contributed by atoms with Crippen molar-refractivity contribution in [2.45, 2.75) is 6.92 Å². The molecule has 1 aliphatic rings. The number of oxazole rings is 1. The maximum Gasteiger partial charge on any atom is 0.291 e. The summed E-state index contributed by atoms with van der Waals surface area (Å²) in [5.41, 5.74) is 1.55. The van der Waals surface area contributed by atoms with Crippen LogP contribution >= 0.6 is 0 Å². The smallest absolute Gasteiger partial charge is 0.291 e. The molecular formula is C21H19F2N3O2. The van der Waals surface area contributed by atoms with E-state index in [4.69, 9.17) is 4.42 Å². The standard InChI is InChI=1S/C21H19F2N3O2/c1-14-19(28-20(24-14)15-5-3-2-4-6-15)21(27)26-11-9-25(10-12-26)18-13-16(22)7-8-17(18)23/h2-8,13H,9-12H2,1H3. The average Bonchev–Trinajstić information content (AvgIpc) is 3.12. The molecule has 5 nitrogen and oxygen atoms in total. The summed E-state index contributed by atoms with van der Waals surface area (Å²) in [6.07, 6.45) is 0. The summed E-state index contributed by atoms with van der Waals surface area (Å²) in [7, 11) is 0. The Morgan fingerprint density at radius 1 is 1.04 bits per heavy atom. The van der Waals surface area contributed by atoms with Gasteiger partial charge < -0.3 is 14.2 Å². The number of nitrogens with zero attached hydrogens (tertiary/aromatic N) is 3. The zero-order valence-electron chi connectivity index (χ0n) is 15.4. The lowest BCUT2D eigenvalue weighted by Crippen LogP contribution is -2.49. The summed E-state index contributed by atoms with van der Waals surface area (Å²) in [6, 6.07) is 12.8. The molecule has 0 N–H and O–H groups in total. The van der Waals surface area contributed by atoms with Crippen LogP contribution in [0.2, 0.25) is 0 Å². The molecule has 2 aromatic carbocycles. The number of hydrogen-bond acceptors (Lipinski definition) is 4. The van der Waals surface area contributed by atoms with Gasteiger partial charge in [0.15, 0.2) is 0 Å². The fourth-order valence-electron chi connectivity index (χ4n) is 3.32. The highest BCUT2D eigenvalue weighted by atomic mass is 19.1. The minimum atomic E-state index is -0.486. The van der Waals surface area contributed by atoms with E-state index in [2.05, 4.69) is 4.98 Å². The molecule has 1 fully saturated rings. The van der Waals surface area contributed by atoms with E-state index in [9.17, 15) is 13.6 Å². The number of rotatable bonds is 3. The van der Waals surface area contributed by atoms with Crippen molar-refractivity contribution in [2.24, 2.45) is 0 Å². The highest BCUT2D eigenvalue weighted by Gasteiger charge is 2.28. The number of piperazine rings is 1. The lowest BCUT2D eigenvalue weighted by Gasteiger charge is -2.35. The lowest BCUT2D eigenvalue weighted by atomic mass is 10.2. The molecule has 1 aromatic heterocycles. The van der Waals surface area contributed by atoms with Gasteiger partial charge in [0.05, 0.1) is 11.4 Å². The van der Waals surface area contributed by atoms with Gasteiger partial charge in [0.2, 0.25) is 11.7 Å². The minimum absolute atomic E-state index is 0.212. The number of anilines is 1. The van der Waals surface area contributed by atoms with Crippen LogP contribution in [0.3, 0.4) is 0 Å². The van der Waals surface area contributed by atoms with Crippen molar-refractivity contribution in [1.82, 2.24) is 9.88 Å². The van der Waals surface area contributed by atoms with Crippen molar-refractivity contribution >= 4 is 11.6 Å². The third-order valence-electron chi connectivity index (χ3n) is 4.83. The van der Waals surface area contributed by atoms with Crippen molar-refractivity contribution in [2.75, 3.05) is 31.1 Å². The topological polar surface area (TPSA) is 49.6 Å². The van der Waals surface area contributed by atoms with E-state index in [0.29, 0.717) is 37.8 Å². The van der Waals surface area contributed by atoms with Gasteiger partial charge in [-0.25, -0.2) is 13.8 Å². The first kappa shape index (κ1) is 18.2. The van der Waals surface area contributed by atoms with Crippen LogP contribution in [0, 0.1) is 18.6 Å². The van der Waals surface area contributed by atoms with Gasteiger partial charge in [-0.05, 0) is 31.2 Å². The normalized spacial score (nSPS) is 14.4. The third-order valence-corrected chi connectivity index (χ3v) is 4.83. The molecule has 3 aromatic rings. The van der Waals surface area contributed by atoms with Crippen LogP contribution in [0.15, 0.2) is 52.9 Å². The SMILES string of the molecule is Cc1nc(-c2ccccc2)oc1C(=O)N1CCN(c2cc(F)ccc2F)CC1. The second-order valence-electron chi connectivity index (χ2n) is 6.67. The molecule has 1 aliphatic heterocycles. The van der Waals surface area contributed by atoms with Gasteiger partial charge in [-0.1, -0.05) is 18.2 Å². The molecule has 1 amide bonds. The van der Waals surface area contributed by atoms with Gasteiger partial charge in [-0.3, -0.25) is 4.79 Å². The molecule has 0 bridgehead atoms. The Bertz CT molecular complexity index is 996. The molecule has 144 valence electrons. The summed E-state index contributed by atoms with van der Waals surface area (Å²) < 4.78 is 33.2. The molecule has 0 atom stereocenters. The molecule has 7 heteroatoms. The van der Waals surface area contributed by atoms with Gasteiger partial charge in [0, 0.05) is 37.8 Å². The summed E-state index contributed by atoms with van der Waals surface area (Å²) >= 11 is 0. The van der Waals surface area contributed by atoms with E-state index in [1.54, 1.807) is 16.7 Å². The maximum atomic E-state index is 14.0. The molecule has 0 spiro atoms. The van der Waals surface area contributed by atoms with Crippen molar-refractivity contribution in [3.8, 4) is 11.5 Å². The Kier molecular flexibility index (Phi) is 4.81. The third kappa shape index (κ3) is 3.47. The largest absolute Gasteiger partial charge is 0.431 e. The quantitative estimate of drug-likeness (QED) is 0.689. The van der Waals surface area contributed by atoms with Gasteiger partial charge in [0.1, 0.15) is 11.6 Å². The van der Waals surface area contributed by atoms with Crippen LogP contribution in [0.5, 0.6) is 0 Å². The van der Waals surface area contributed by atoms with Crippen LogP contribution in [-0.2, 0) is 0 Å². The number of aryl methyl sites for hydroxylation is 1. The molecule has 2 heterocycles. The Labute approximate surface area is 161 Å². The van der Waals surface area contributed by atoms with E-state index in [-0.39, 0.29) is 17.4 Å². The number of carbonyl (C=O) groups excluding carboxylic acids is 1. The highest BCUT2D eigenvalue weighted by Crippen LogP contribution is 2.25. The van der Waals surface area contributed by atoms with Crippen LogP contribution < -0.4 is 4.90 Å². The fourth-order valence-corrected chi connectivity index (χ4v) is 3.32. The summed E-state index contributed by atoms with van der Waals surface area (Å²) in [5.74, 6) is -0.585. The molecule has 0 unspecified atom stereocenters. The Hall–Kier alpha value is -3.22. The van der Waals surface area contributed by atoms with E-state index >= 15 is 0 Å². The summed E-state index contributed by atoms with van der Waals surface area (Å²) in [4.78, 5) is 20.6. The summed E-state index contributed by atoms with van der Waals surface area (Å²) in [6.45, 7) is 3.32. The van der Waals surface area contributed by atoms with Crippen LogP contribution in [0.25, 0.3) is 11.5 Å². The number of carbonyl (C=O) groups is 1. The van der Waals surface area contributed by atoms with Crippen LogP contribution in [-0.4, -0.2) is 42.0 Å². The minimum Gasteiger partial charge on any atom is -0.431 e. The second-order valence-corrected chi connectivity index (χ2v) is 6.67. The Morgan fingerprint density at radius 3 is 2.46 bits per heavy atom. The molecule has 0 saturated carbocycles. The number of aromatic nitrogens is 1. The summed E-state index contributed by atoms with van der Waals surface area (Å²) in [5, 5.41) is 0. The Morgan fingerprint density at radius 2 is 1.75 bits per heavy atom. The highest BCUT2D eigenvalue weighted by molar-refractivity contribution is 5.93. The monoisotopic (exact) mass is 383 g/mol. The molecule has 1 saturated heterocycles. The van der Waals surface area contributed by atoms with E-state index in [1.165, 1.54) is 6.07 Å². The predicted octanol–water partition coefficient (Wildman–Crippen LogP) is 3.89. The predicted molar refractivity (Wildman–Crippen MR) is 101 cm³/mol. The van der Waals surface area contributed by atoms with Crippen LogP contribution in [0.4, 0.5) is 14.5 Å².